The van der Waals surface area contributed by atoms with E-state index in [4.69, 9.17) is 23.2 Å². The zero-order chi connectivity index (χ0) is 14.0. The number of urea groups is 1. The van der Waals surface area contributed by atoms with Gasteiger partial charge >= 0.3 is 6.03 Å². The Hall–Kier alpha value is -0.450. The first kappa shape index (κ1) is 14.9. The van der Waals surface area contributed by atoms with Gasteiger partial charge in [0.2, 0.25) is 0 Å². The fourth-order valence-corrected chi connectivity index (χ4v) is 3.36. The van der Waals surface area contributed by atoms with Crippen molar-refractivity contribution < 1.29 is 4.79 Å². The number of rotatable bonds is 1. The molecule has 0 aliphatic carbocycles. The van der Waals surface area contributed by atoms with E-state index in [1.807, 2.05) is 0 Å². The Morgan fingerprint density at radius 3 is 2.37 bits per heavy atom. The minimum absolute atomic E-state index is 0.141. The van der Waals surface area contributed by atoms with Crippen LogP contribution in [0.2, 0.25) is 10.0 Å². The summed E-state index contributed by atoms with van der Waals surface area (Å²) in [6.45, 7) is 3.76. The largest absolute Gasteiger partial charge is 0.325 e. The van der Waals surface area contributed by atoms with Gasteiger partial charge in [0.15, 0.2) is 0 Å². The van der Waals surface area contributed by atoms with E-state index in [1.165, 1.54) is 0 Å². The van der Waals surface area contributed by atoms with Crippen LogP contribution >= 0.6 is 39.1 Å². The smallest absolute Gasteiger partial charge is 0.321 e. The molecule has 104 valence electrons. The molecule has 19 heavy (non-hydrogen) atoms. The monoisotopic (exact) mass is 364 g/mol. The molecule has 1 fully saturated rings. The standard InChI is InChI=1S/C13H15BrCl2N2O/c1-8-2-4-18(5-3-8)13(19)17-12-10(15)6-9(14)7-11(12)16/h6-8H,2-5H2,1H3,(H,17,19). The number of likely N-dealkylation sites (tertiary alicyclic amines) is 1. The van der Waals surface area contributed by atoms with E-state index < -0.39 is 0 Å². The third kappa shape index (κ3) is 3.77. The summed E-state index contributed by atoms with van der Waals surface area (Å²) in [5.41, 5.74) is 0.468. The van der Waals surface area contributed by atoms with Gasteiger partial charge in [-0.2, -0.15) is 0 Å². The first-order valence-corrected chi connectivity index (χ1v) is 7.72. The number of benzene rings is 1. The fourth-order valence-electron chi connectivity index (χ4n) is 2.06. The van der Waals surface area contributed by atoms with E-state index in [1.54, 1.807) is 17.0 Å². The zero-order valence-corrected chi connectivity index (χ0v) is 13.6. The van der Waals surface area contributed by atoms with Crippen LogP contribution in [0.4, 0.5) is 10.5 Å². The molecule has 1 heterocycles. The van der Waals surface area contributed by atoms with Crippen molar-refractivity contribution in [1.82, 2.24) is 4.90 Å². The predicted molar refractivity (Wildman–Crippen MR) is 83.2 cm³/mol. The summed E-state index contributed by atoms with van der Waals surface area (Å²) in [5.74, 6) is 0.684. The van der Waals surface area contributed by atoms with Gasteiger partial charge in [0.25, 0.3) is 0 Å². The minimum atomic E-state index is -0.141. The Balaban J connectivity index is 2.07. The molecule has 2 amide bonds. The number of hydrogen-bond donors (Lipinski definition) is 1. The summed E-state index contributed by atoms with van der Waals surface area (Å²) >= 11 is 15.5. The summed E-state index contributed by atoms with van der Waals surface area (Å²) in [7, 11) is 0. The van der Waals surface area contributed by atoms with Gasteiger partial charge in [-0.15, -0.1) is 0 Å². The second-order valence-electron chi connectivity index (χ2n) is 4.84. The number of halogens is 3. The van der Waals surface area contributed by atoms with Crippen LogP contribution in [0.15, 0.2) is 16.6 Å². The average Bonchev–Trinajstić information content (AvgIpc) is 2.34. The molecule has 0 spiro atoms. The van der Waals surface area contributed by atoms with Gasteiger partial charge < -0.3 is 10.2 Å². The maximum atomic E-state index is 12.1. The Labute approximate surface area is 131 Å². The molecular weight excluding hydrogens is 351 g/mol. The summed E-state index contributed by atoms with van der Waals surface area (Å²) in [4.78, 5) is 13.9. The predicted octanol–water partition coefficient (Wildman–Crippen LogP) is 5.02. The first-order valence-electron chi connectivity index (χ1n) is 6.18. The van der Waals surface area contributed by atoms with Gasteiger partial charge in [-0.1, -0.05) is 46.1 Å². The number of nitrogens with one attached hydrogen (secondary N) is 1. The lowest BCUT2D eigenvalue weighted by molar-refractivity contribution is 0.186. The van der Waals surface area contributed by atoms with Crippen LogP contribution in [-0.4, -0.2) is 24.0 Å². The van der Waals surface area contributed by atoms with Crippen molar-refractivity contribution in [2.24, 2.45) is 5.92 Å². The molecular formula is C13H15BrCl2N2O. The number of anilines is 1. The second kappa shape index (κ2) is 6.33. The lowest BCUT2D eigenvalue weighted by atomic mass is 10.00. The molecule has 0 unspecified atom stereocenters. The third-order valence-corrected chi connectivity index (χ3v) is 4.36. The van der Waals surface area contributed by atoms with Crippen LogP contribution in [0, 0.1) is 5.92 Å². The molecule has 0 atom stereocenters. The third-order valence-electron chi connectivity index (χ3n) is 3.31. The number of nitrogens with zero attached hydrogens (tertiary/aromatic N) is 1. The van der Waals surface area contributed by atoms with Crippen molar-refractivity contribution in [2.45, 2.75) is 19.8 Å². The second-order valence-corrected chi connectivity index (χ2v) is 6.57. The summed E-state index contributed by atoms with van der Waals surface area (Å²) < 4.78 is 0.785. The highest BCUT2D eigenvalue weighted by atomic mass is 79.9. The molecule has 0 saturated carbocycles. The van der Waals surface area contributed by atoms with Crippen molar-refractivity contribution in [2.75, 3.05) is 18.4 Å². The Bertz CT molecular complexity index is 465. The van der Waals surface area contributed by atoms with Crippen LogP contribution in [0.25, 0.3) is 0 Å². The number of piperidine rings is 1. The quantitative estimate of drug-likeness (QED) is 0.744. The van der Waals surface area contributed by atoms with Crippen LogP contribution in [-0.2, 0) is 0 Å². The van der Waals surface area contributed by atoms with Gasteiger partial charge in [0.05, 0.1) is 15.7 Å². The fraction of sp³-hybridized carbons (Fsp3) is 0.462. The van der Waals surface area contributed by atoms with E-state index in [0.29, 0.717) is 21.7 Å². The van der Waals surface area contributed by atoms with Gasteiger partial charge in [-0.3, -0.25) is 0 Å². The summed E-state index contributed by atoms with van der Waals surface area (Å²) in [5, 5.41) is 3.65. The highest BCUT2D eigenvalue weighted by Crippen LogP contribution is 2.34. The van der Waals surface area contributed by atoms with E-state index in [9.17, 15) is 4.79 Å². The normalized spacial score (nSPS) is 16.5. The lowest BCUT2D eigenvalue weighted by Gasteiger charge is -2.30. The zero-order valence-electron chi connectivity index (χ0n) is 10.5. The Morgan fingerprint density at radius 2 is 1.84 bits per heavy atom. The molecule has 2 rings (SSSR count). The number of hydrogen-bond acceptors (Lipinski definition) is 1. The van der Waals surface area contributed by atoms with E-state index in [2.05, 4.69) is 28.2 Å². The topological polar surface area (TPSA) is 32.3 Å². The highest BCUT2D eigenvalue weighted by Gasteiger charge is 2.21. The van der Waals surface area contributed by atoms with E-state index >= 15 is 0 Å². The molecule has 3 nitrogen and oxygen atoms in total. The van der Waals surface area contributed by atoms with Crippen LogP contribution < -0.4 is 5.32 Å². The molecule has 6 heteroatoms. The van der Waals surface area contributed by atoms with E-state index in [-0.39, 0.29) is 6.03 Å². The van der Waals surface area contributed by atoms with Crippen LogP contribution in [0.5, 0.6) is 0 Å². The maximum Gasteiger partial charge on any atom is 0.321 e. The average molecular weight is 366 g/mol. The lowest BCUT2D eigenvalue weighted by Crippen LogP contribution is -2.40. The van der Waals surface area contributed by atoms with Gasteiger partial charge in [-0.05, 0) is 30.9 Å². The Kier molecular flexibility index (Phi) is 4.98. The molecule has 0 radical (unpaired) electrons. The highest BCUT2D eigenvalue weighted by molar-refractivity contribution is 9.10. The SMILES string of the molecule is CC1CCN(C(=O)Nc2c(Cl)cc(Br)cc2Cl)CC1. The number of amides is 2. The number of carbonyl (C=O) groups excluding carboxylic acids is 1. The van der Waals surface area contributed by atoms with Crippen molar-refractivity contribution >= 4 is 50.9 Å². The number of carbonyl (C=O) groups is 1. The van der Waals surface area contributed by atoms with Crippen molar-refractivity contribution in [3.8, 4) is 0 Å². The molecule has 0 bridgehead atoms. The van der Waals surface area contributed by atoms with Crippen molar-refractivity contribution in [3.05, 3.63) is 26.7 Å². The minimum Gasteiger partial charge on any atom is -0.325 e. The van der Waals surface area contributed by atoms with Crippen molar-refractivity contribution in [1.29, 1.82) is 0 Å². The van der Waals surface area contributed by atoms with E-state index in [0.717, 1.165) is 30.4 Å². The molecule has 1 saturated heterocycles. The van der Waals surface area contributed by atoms with Crippen LogP contribution in [0.1, 0.15) is 19.8 Å². The maximum absolute atomic E-state index is 12.1. The van der Waals surface area contributed by atoms with Gasteiger partial charge in [-0.25, -0.2) is 4.79 Å². The van der Waals surface area contributed by atoms with Crippen LogP contribution in [0.3, 0.4) is 0 Å². The van der Waals surface area contributed by atoms with Gasteiger partial charge in [0.1, 0.15) is 0 Å². The molecule has 1 aliphatic rings. The first-order chi connectivity index (χ1) is 8.97. The molecule has 1 aromatic rings. The summed E-state index contributed by atoms with van der Waals surface area (Å²) in [6, 6.07) is 3.28. The molecule has 1 N–H and O–H groups in total. The van der Waals surface area contributed by atoms with Gasteiger partial charge in [0, 0.05) is 17.6 Å². The molecule has 0 aromatic heterocycles. The summed E-state index contributed by atoms with van der Waals surface area (Å²) in [6.07, 6.45) is 2.07. The van der Waals surface area contributed by atoms with Crippen molar-refractivity contribution in [3.63, 3.8) is 0 Å². The molecule has 1 aromatic carbocycles. The molecule has 1 aliphatic heterocycles. The Morgan fingerprint density at radius 1 is 1.32 bits per heavy atom.